The minimum absolute atomic E-state index is 0.0699. The second kappa shape index (κ2) is 8.13. The van der Waals surface area contributed by atoms with Crippen LogP contribution in [0.15, 0.2) is 60.7 Å². The second-order valence-electron chi connectivity index (χ2n) is 5.22. The third kappa shape index (κ3) is 4.55. The number of ketones is 1. The fourth-order valence-corrected chi connectivity index (χ4v) is 2.41. The summed E-state index contributed by atoms with van der Waals surface area (Å²) in [7, 11) is 1.32. The van der Waals surface area contributed by atoms with E-state index in [-0.39, 0.29) is 5.78 Å². The van der Waals surface area contributed by atoms with Crippen LogP contribution in [0.5, 0.6) is 0 Å². The fourth-order valence-electron chi connectivity index (χ4n) is 2.41. The van der Waals surface area contributed by atoms with Crippen molar-refractivity contribution in [2.75, 3.05) is 7.11 Å². The summed E-state index contributed by atoms with van der Waals surface area (Å²) >= 11 is 0. The lowest BCUT2D eigenvalue weighted by molar-refractivity contribution is -0.149. The van der Waals surface area contributed by atoms with Crippen LogP contribution < -0.4 is 0 Å². The van der Waals surface area contributed by atoms with Crippen LogP contribution in [0.25, 0.3) is 0 Å². The van der Waals surface area contributed by atoms with Crippen LogP contribution in [0, 0.1) is 5.92 Å². The SMILES string of the molecule is COC(=O)C(Cc1ccccc1)C(=O)CCc1ccccc1. The lowest BCUT2D eigenvalue weighted by Gasteiger charge is -2.13. The van der Waals surface area contributed by atoms with Gasteiger partial charge in [0, 0.05) is 6.42 Å². The first kappa shape index (κ1) is 16.0. The van der Waals surface area contributed by atoms with Crippen molar-refractivity contribution in [3.63, 3.8) is 0 Å². The van der Waals surface area contributed by atoms with Gasteiger partial charge in [-0.2, -0.15) is 0 Å². The highest BCUT2D eigenvalue weighted by Gasteiger charge is 2.27. The molecule has 2 aromatic carbocycles. The van der Waals surface area contributed by atoms with Crippen LogP contribution >= 0.6 is 0 Å². The highest BCUT2D eigenvalue weighted by Crippen LogP contribution is 2.15. The molecular weight excluding hydrogens is 276 g/mol. The molecule has 3 heteroatoms. The Kier molecular flexibility index (Phi) is 5.90. The summed E-state index contributed by atoms with van der Waals surface area (Å²) in [6.07, 6.45) is 1.37. The molecule has 2 rings (SSSR count). The molecule has 1 atom stereocenters. The first-order valence-electron chi connectivity index (χ1n) is 7.39. The topological polar surface area (TPSA) is 43.4 Å². The number of aryl methyl sites for hydroxylation is 1. The molecule has 0 fully saturated rings. The van der Waals surface area contributed by atoms with Crippen molar-refractivity contribution < 1.29 is 14.3 Å². The molecule has 0 spiro atoms. The van der Waals surface area contributed by atoms with Crippen LogP contribution in [-0.4, -0.2) is 18.9 Å². The van der Waals surface area contributed by atoms with Crippen LogP contribution in [0.3, 0.4) is 0 Å². The number of hydrogen-bond acceptors (Lipinski definition) is 3. The Morgan fingerprint density at radius 2 is 1.45 bits per heavy atom. The molecule has 0 heterocycles. The first-order chi connectivity index (χ1) is 10.7. The number of hydrogen-bond donors (Lipinski definition) is 0. The molecule has 0 saturated heterocycles. The van der Waals surface area contributed by atoms with Gasteiger partial charge in [-0.05, 0) is 24.0 Å². The van der Waals surface area contributed by atoms with Crippen LogP contribution in [0.4, 0.5) is 0 Å². The molecule has 0 amide bonds. The molecular formula is C19H20O3. The normalized spacial score (nSPS) is 11.7. The van der Waals surface area contributed by atoms with E-state index in [1.54, 1.807) is 0 Å². The maximum atomic E-state index is 12.4. The van der Waals surface area contributed by atoms with E-state index < -0.39 is 11.9 Å². The summed E-state index contributed by atoms with van der Waals surface area (Å²) in [4.78, 5) is 24.3. The largest absolute Gasteiger partial charge is 0.468 e. The third-order valence-electron chi connectivity index (χ3n) is 3.66. The summed E-state index contributed by atoms with van der Waals surface area (Å²) < 4.78 is 4.80. The Morgan fingerprint density at radius 3 is 2.00 bits per heavy atom. The van der Waals surface area contributed by atoms with E-state index in [4.69, 9.17) is 4.74 Å². The highest BCUT2D eigenvalue weighted by atomic mass is 16.5. The molecule has 0 aromatic heterocycles. The minimum atomic E-state index is -0.726. The molecule has 0 bridgehead atoms. The molecule has 0 aliphatic rings. The monoisotopic (exact) mass is 296 g/mol. The lowest BCUT2D eigenvalue weighted by Crippen LogP contribution is -2.27. The number of benzene rings is 2. The van der Waals surface area contributed by atoms with Gasteiger partial charge in [-0.25, -0.2) is 0 Å². The number of methoxy groups -OCH3 is 1. The van der Waals surface area contributed by atoms with Gasteiger partial charge in [-0.3, -0.25) is 9.59 Å². The molecule has 0 aliphatic carbocycles. The van der Waals surface area contributed by atoms with Crippen LogP contribution in [0.2, 0.25) is 0 Å². The molecule has 3 nitrogen and oxygen atoms in total. The van der Waals surface area contributed by atoms with Gasteiger partial charge in [0.2, 0.25) is 0 Å². The number of ether oxygens (including phenoxy) is 1. The summed E-state index contributed by atoms with van der Waals surface area (Å²) in [5.41, 5.74) is 2.06. The van der Waals surface area contributed by atoms with E-state index in [2.05, 4.69) is 0 Å². The molecule has 0 radical (unpaired) electrons. The van der Waals surface area contributed by atoms with E-state index >= 15 is 0 Å². The molecule has 2 aromatic rings. The molecule has 114 valence electrons. The van der Waals surface area contributed by atoms with Gasteiger partial charge in [-0.1, -0.05) is 60.7 Å². The average Bonchev–Trinajstić information content (AvgIpc) is 2.58. The minimum Gasteiger partial charge on any atom is -0.468 e. The van der Waals surface area contributed by atoms with Crippen molar-refractivity contribution in [3.05, 3.63) is 71.8 Å². The maximum absolute atomic E-state index is 12.4. The van der Waals surface area contributed by atoms with Crippen molar-refractivity contribution in [1.82, 2.24) is 0 Å². The zero-order valence-corrected chi connectivity index (χ0v) is 12.7. The number of carbonyl (C=O) groups excluding carboxylic acids is 2. The van der Waals surface area contributed by atoms with Gasteiger partial charge in [0.05, 0.1) is 7.11 Å². The third-order valence-corrected chi connectivity index (χ3v) is 3.66. The Balaban J connectivity index is 2.02. The summed E-state index contributed by atoms with van der Waals surface area (Å²) in [6.45, 7) is 0. The Bertz CT molecular complexity index is 605. The van der Waals surface area contributed by atoms with Gasteiger partial charge in [0.1, 0.15) is 11.7 Å². The van der Waals surface area contributed by atoms with Crippen LogP contribution in [0.1, 0.15) is 17.5 Å². The standard InChI is InChI=1S/C19H20O3/c1-22-19(21)17(14-16-10-6-3-7-11-16)18(20)13-12-15-8-4-2-5-9-15/h2-11,17H,12-14H2,1H3. The molecule has 0 N–H and O–H groups in total. The van der Waals surface area contributed by atoms with Crippen molar-refractivity contribution in [2.24, 2.45) is 5.92 Å². The summed E-state index contributed by atoms with van der Waals surface area (Å²) in [5, 5.41) is 0. The maximum Gasteiger partial charge on any atom is 0.316 e. The van der Waals surface area contributed by atoms with Gasteiger partial charge in [0.15, 0.2) is 0 Å². The first-order valence-corrected chi connectivity index (χ1v) is 7.39. The second-order valence-corrected chi connectivity index (χ2v) is 5.22. The highest BCUT2D eigenvalue weighted by molar-refractivity contribution is 5.99. The van der Waals surface area contributed by atoms with E-state index in [9.17, 15) is 9.59 Å². The summed E-state index contributed by atoms with van der Waals surface area (Å²) in [6, 6.07) is 19.3. The quantitative estimate of drug-likeness (QED) is 0.582. The number of carbonyl (C=O) groups is 2. The average molecular weight is 296 g/mol. The molecule has 0 saturated carbocycles. The summed E-state index contributed by atoms with van der Waals surface area (Å²) in [5.74, 6) is -1.25. The van der Waals surface area contributed by atoms with E-state index in [1.807, 2.05) is 60.7 Å². The molecule has 22 heavy (non-hydrogen) atoms. The molecule has 0 aliphatic heterocycles. The fraction of sp³-hybridized carbons (Fsp3) is 0.263. The predicted molar refractivity (Wildman–Crippen MR) is 85.4 cm³/mol. The Morgan fingerprint density at radius 1 is 0.909 bits per heavy atom. The predicted octanol–water partition coefficient (Wildman–Crippen LogP) is 3.22. The van der Waals surface area contributed by atoms with Crippen LogP contribution in [-0.2, 0) is 27.2 Å². The van der Waals surface area contributed by atoms with Gasteiger partial charge >= 0.3 is 5.97 Å². The van der Waals surface area contributed by atoms with Gasteiger partial charge in [0.25, 0.3) is 0 Å². The Hall–Kier alpha value is -2.42. The lowest BCUT2D eigenvalue weighted by atomic mass is 9.92. The van der Waals surface area contributed by atoms with Crippen molar-refractivity contribution in [1.29, 1.82) is 0 Å². The zero-order valence-electron chi connectivity index (χ0n) is 12.7. The molecule has 1 unspecified atom stereocenters. The zero-order chi connectivity index (χ0) is 15.8. The van der Waals surface area contributed by atoms with E-state index in [1.165, 1.54) is 7.11 Å². The smallest absolute Gasteiger partial charge is 0.316 e. The number of esters is 1. The van der Waals surface area contributed by atoms with Gasteiger partial charge in [-0.15, -0.1) is 0 Å². The number of rotatable bonds is 7. The van der Waals surface area contributed by atoms with Crippen molar-refractivity contribution in [3.8, 4) is 0 Å². The van der Waals surface area contributed by atoms with Crippen molar-refractivity contribution in [2.45, 2.75) is 19.3 Å². The van der Waals surface area contributed by atoms with Crippen molar-refractivity contribution >= 4 is 11.8 Å². The Labute approximate surface area is 130 Å². The van der Waals surface area contributed by atoms with E-state index in [0.717, 1.165) is 11.1 Å². The van der Waals surface area contributed by atoms with E-state index in [0.29, 0.717) is 19.3 Å². The number of Topliss-reactive ketones (excluding diaryl/α,β-unsaturated/α-hetero) is 1. The van der Waals surface area contributed by atoms with Gasteiger partial charge < -0.3 is 4.74 Å².